The molecule has 0 fully saturated rings. The molecule has 1 N–H and O–H groups in total. The van der Waals surface area contributed by atoms with Crippen molar-refractivity contribution in [2.24, 2.45) is 0 Å². The lowest BCUT2D eigenvalue weighted by Gasteiger charge is -2.06. The highest BCUT2D eigenvalue weighted by Gasteiger charge is 2.16. The van der Waals surface area contributed by atoms with Gasteiger partial charge in [0.15, 0.2) is 0 Å². The van der Waals surface area contributed by atoms with Gasteiger partial charge in [0.1, 0.15) is 10.7 Å². The van der Waals surface area contributed by atoms with Crippen LogP contribution in [0, 0.1) is 0 Å². The summed E-state index contributed by atoms with van der Waals surface area (Å²) < 4.78 is 25.8. The van der Waals surface area contributed by atoms with Crippen molar-refractivity contribution in [3.63, 3.8) is 0 Å². The predicted octanol–water partition coefficient (Wildman–Crippen LogP) is 1.60. The highest BCUT2D eigenvalue weighted by atomic mass is 35.5. The standard InChI is InChI=1S/C10H12ClNO3S/c1-8(13)6-7-12-16(14,15)10-5-3-2-4-9(10)11/h2-5,12H,6-7H2,1H3. The van der Waals surface area contributed by atoms with E-state index in [1.807, 2.05) is 0 Å². The van der Waals surface area contributed by atoms with Crippen LogP contribution in [0.1, 0.15) is 13.3 Å². The number of benzene rings is 1. The summed E-state index contributed by atoms with van der Waals surface area (Å²) in [6, 6.07) is 6.15. The van der Waals surface area contributed by atoms with Crippen LogP contribution in [-0.4, -0.2) is 20.7 Å². The first-order valence-electron chi connectivity index (χ1n) is 4.67. The van der Waals surface area contributed by atoms with Crippen molar-refractivity contribution in [2.45, 2.75) is 18.2 Å². The number of nitrogens with one attached hydrogen (secondary N) is 1. The molecule has 0 amide bonds. The van der Waals surface area contributed by atoms with Crippen LogP contribution in [0.4, 0.5) is 0 Å². The highest BCUT2D eigenvalue weighted by molar-refractivity contribution is 7.89. The number of ketones is 1. The van der Waals surface area contributed by atoms with Gasteiger partial charge in [-0.3, -0.25) is 4.79 Å². The summed E-state index contributed by atoms with van der Waals surface area (Å²) in [5.41, 5.74) is 0. The normalized spacial score (nSPS) is 11.4. The maximum absolute atomic E-state index is 11.7. The lowest BCUT2D eigenvalue weighted by atomic mass is 10.3. The fraction of sp³-hybridized carbons (Fsp3) is 0.300. The molecule has 88 valence electrons. The number of Topliss-reactive ketones (excluding diaryl/α,β-unsaturated/α-hetero) is 1. The van der Waals surface area contributed by atoms with Crippen LogP contribution in [0.3, 0.4) is 0 Å². The molecule has 0 unspecified atom stereocenters. The van der Waals surface area contributed by atoms with Gasteiger partial charge in [0.05, 0.1) is 5.02 Å². The summed E-state index contributed by atoms with van der Waals surface area (Å²) in [6.07, 6.45) is 0.170. The van der Waals surface area contributed by atoms with Gasteiger partial charge in [-0.1, -0.05) is 23.7 Å². The Morgan fingerprint density at radius 3 is 2.56 bits per heavy atom. The van der Waals surface area contributed by atoms with E-state index in [1.54, 1.807) is 12.1 Å². The third kappa shape index (κ3) is 3.59. The van der Waals surface area contributed by atoms with E-state index in [9.17, 15) is 13.2 Å². The van der Waals surface area contributed by atoms with Crippen molar-refractivity contribution < 1.29 is 13.2 Å². The average molecular weight is 262 g/mol. The van der Waals surface area contributed by atoms with Crippen LogP contribution in [0.15, 0.2) is 29.2 Å². The van der Waals surface area contributed by atoms with Crippen molar-refractivity contribution in [3.8, 4) is 0 Å². The first-order valence-corrected chi connectivity index (χ1v) is 6.53. The number of rotatable bonds is 5. The molecule has 4 nitrogen and oxygen atoms in total. The monoisotopic (exact) mass is 261 g/mol. The van der Waals surface area contributed by atoms with Crippen molar-refractivity contribution in [2.75, 3.05) is 6.54 Å². The first-order chi connectivity index (χ1) is 7.43. The summed E-state index contributed by atoms with van der Waals surface area (Å²) in [5.74, 6) is -0.0677. The summed E-state index contributed by atoms with van der Waals surface area (Å²) >= 11 is 5.76. The van der Waals surface area contributed by atoms with Gasteiger partial charge in [-0.25, -0.2) is 13.1 Å². The molecule has 0 saturated carbocycles. The van der Waals surface area contributed by atoms with Crippen molar-refractivity contribution in [3.05, 3.63) is 29.3 Å². The smallest absolute Gasteiger partial charge is 0.242 e. The minimum atomic E-state index is -3.62. The van der Waals surface area contributed by atoms with Gasteiger partial charge >= 0.3 is 0 Å². The van der Waals surface area contributed by atoms with Crippen molar-refractivity contribution in [1.82, 2.24) is 4.72 Å². The third-order valence-corrected chi connectivity index (χ3v) is 3.86. The molecule has 0 aromatic heterocycles. The van der Waals surface area contributed by atoms with Crippen LogP contribution >= 0.6 is 11.6 Å². The topological polar surface area (TPSA) is 63.2 Å². The van der Waals surface area contributed by atoms with E-state index in [2.05, 4.69) is 4.72 Å². The molecule has 16 heavy (non-hydrogen) atoms. The molecule has 0 bridgehead atoms. The lowest BCUT2D eigenvalue weighted by molar-refractivity contribution is -0.116. The quantitative estimate of drug-likeness (QED) is 0.876. The first kappa shape index (κ1) is 13.2. The van der Waals surface area contributed by atoms with Gasteiger partial charge in [0, 0.05) is 13.0 Å². The second kappa shape index (κ2) is 5.43. The average Bonchev–Trinajstić information content (AvgIpc) is 2.17. The van der Waals surface area contributed by atoms with E-state index in [-0.39, 0.29) is 28.7 Å². The van der Waals surface area contributed by atoms with Crippen molar-refractivity contribution >= 4 is 27.4 Å². The molecule has 0 saturated heterocycles. The molecule has 0 heterocycles. The number of hydrogen-bond donors (Lipinski definition) is 1. The zero-order chi connectivity index (χ0) is 12.2. The summed E-state index contributed by atoms with van der Waals surface area (Å²) in [5, 5.41) is 0.165. The molecule has 0 atom stereocenters. The Morgan fingerprint density at radius 1 is 1.38 bits per heavy atom. The van der Waals surface area contributed by atoms with Gasteiger partial charge < -0.3 is 0 Å². The molecule has 1 rings (SSSR count). The van der Waals surface area contributed by atoms with E-state index in [0.717, 1.165) is 0 Å². The van der Waals surface area contributed by atoms with Crippen LogP contribution in [0.25, 0.3) is 0 Å². The SMILES string of the molecule is CC(=O)CCNS(=O)(=O)c1ccccc1Cl. The Hall–Kier alpha value is -0.910. The number of sulfonamides is 1. The maximum Gasteiger partial charge on any atom is 0.242 e. The molecule has 1 aromatic carbocycles. The fourth-order valence-corrected chi connectivity index (χ4v) is 2.65. The van der Waals surface area contributed by atoms with E-state index < -0.39 is 10.0 Å². The number of carbonyl (C=O) groups excluding carboxylic acids is 1. The zero-order valence-electron chi connectivity index (χ0n) is 8.73. The van der Waals surface area contributed by atoms with Crippen LogP contribution < -0.4 is 4.72 Å². The Balaban J connectivity index is 2.79. The Bertz CT molecular complexity index is 485. The predicted molar refractivity (Wildman–Crippen MR) is 61.9 cm³/mol. The number of hydrogen-bond acceptors (Lipinski definition) is 3. The molecule has 0 spiro atoms. The van der Waals surface area contributed by atoms with Crippen LogP contribution in [0.5, 0.6) is 0 Å². The Kier molecular flexibility index (Phi) is 4.46. The summed E-state index contributed by atoms with van der Waals surface area (Å²) in [4.78, 5) is 10.7. The highest BCUT2D eigenvalue weighted by Crippen LogP contribution is 2.19. The van der Waals surface area contributed by atoms with E-state index >= 15 is 0 Å². The summed E-state index contributed by atoms with van der Waals surface area (Å²) in [7, 11) is -3.62. The molecule has 6 heteroatoms. The van der Waals surface area contributed by atoms with Crippen molar-refractivity contribution in [1.29, 1.82) is 0 Å². The zero-order valence-corrected chi connectivity index (χ0v) is 10.3. The summed E-state index contributed by atoms with van der Waals surface area (Å²) in [6.45, 7) is 1.49. The minimum absolute atomic E-state index is 0.0280. The van der Waals surface area contributed by atoms with E-state index in [0.29, 0.717) is 0 Å². The number of halogens is 1. The van der Waals surface area contributed by atoms with Gasteiger partial charge in [0.25, 0.3) is 0 Å². The second-order valence-corrected chi connectivity index (χ2v) is 5.42. The van der Waals surface area contributed by atoms with Gasteiger partial charge in [-0.15, -0.1) is 0 Å². The molecule has 0 aliphatic heterocycles. The maximum atomic E-state index is 11.7. The molecule has 0 radical (unpaired) electrons. The van der Waals surface area contributed by atoms with E-state index in [4.69, 9.17) is 11.6 Å². The largest absolute Gasteiger partial charge is 0.300 e. The lowest BCUT2D eigenvalue weighted by Crippen LogP contribution is -2.26. The molecule has 0 aliphatic carbocycles. The Morgan fingerprint density at radius 2 is 2.00 bits per heavy atom. The fourth-order valence-electron chi connectivity index (χ4n) is 1.10. The van der Waals surface area contributed by atoms with Gasteiger partial charge in [-0.2, -0.15) is 0 Å². The third-order valence-electron chi connectivity index (χ3n) is 1.90. The van der Waals surface area contributed by atoms with Crippen LogP contribution in [-0.2, 0) is 14.8 Å². The second-order valence-electron chi connectivity index (χ2n) is 3.28. The minimum Gasteiger partial charge on any atom is -0.300 e. The van der Waals surface area contributed by atoms with Gasteiger partial charge in [-0.05, 0) is 19.1 Å². The molecule has 1 aromatic rings. The van der Waals surface area contributed by atoms with Crippen LogP contribution in [0.2, 0.25) is 5.02 Å². The van der Waals surface area contributed by atoms with Gasteiger partial charge in [0.2, 0.25) is 10.0 Å². The molecular weight excluding hydrogens is 250 g/mol. The molecule has 0 aliphatic rings. The molecular formula is C10H12ClNO3S. The number of carbonyl (C=O) groups is 1. The van der Waals surface area contributed by atoms with E-state index in [1.165, 1.54) is 19.1 Å². The Labute approximate surface area is 99.7 Å².